The summed E-state index contributed by atoms with van der Waals surface area (Å²) in [5.74, 6) is 0.213. The standard InChI is InChI=1S/C37H51N3OSi/c1-11-13-19-37(25-38-27(4)41)20-18-32-30-16-14-15-17-31(30)33-21-28(22-36(5,6)7)34(42(8,9)10)24-40(33)35(32)26(3)39-29(12-2)23-37/h12-17,19,21,24,32,35,38H,2-4,11,18,20,22-23,25H2,1,5-10H3/p+1. The van der Waals surface area contributed by atoms with E-state index in [-0.39, 0.29) is 28.7 Å². The highest BCUT2D eigenvalue weighted by Crippen LogP contribution is 2.47. The number of hydrogen-bond acceptors (Lipinski definition) is 3. The van der Waals surface area contributed by atoms with E-state index in [9.17, 15) is 5.11 Å². The molecule has 2 aliphatic rings. The monoisotopic (exact) mass is 582 g/mol. The molecule has 0 saturated carbocycles. The molecular weight excluding hydrogens is 531 g/mol. The van der Waals surface area contributed by atoms with Crippen LogP contribution in [0.2, 0.25) is 19.6 Å². The van der Waals surface area contributed by atoms with Crippen molar-refractivity contribution >= 4 is 19.0 Å². The summed E-state index contributed by atoms with van der Waals surface area (Å²) in [7, 11) is -1.67. The van der Waals surface area contributed by atoms with E-state index >= 15 is 0 Å². The van der Waals surface area contributed by atoms with Crippen molar-refractivity contribution in [3.63, 3.8) is 0 Å². The number of aliphatic imine (C=N–C) groups is 1. The summed E-state index contributed by atoms with van der Waals surface area (Å²) in [6, 6.07) is 11.4. The van der Waals surface area contributed by atoms with Gasteiger partial charge in [0.05, 0.1) is 14.0 Å². The highest BCUT2D eigenvalue weighted by Gasteiger charge is 2.45. The fraction of sp³-hybridized carbons (Fsp3) is 0.459. The van der Waals surface area contributed by atoms with E-state index in [1.165, 1.54) is 27.6 Å². The van der Waals surface area contributed by atoms with E-state index in [0.29, 0.717) is 6.54 Å². The number of aliphatic hydroxyl groups excluding tert-OH is 1. The van der Waals surface area contributed by atoms with Crippen molar-refractivity contribution in [1.29, 1.82) is 0 Å². The summed E-state index contributed by atoms with van der Waals surface area (Å²) >= 11 is 0. The van der Waals surface area contributed by atoms with E-state index in [1.54, 1.807) is 0 Å². The molecule has 4 nitrogen and oxygen atoms in total. The number of nitrogens with zero attached hydrogens (tertiary/aromatic N) is 2. The zero-order valence-electron chi connectivity index (χ0n) is 27.1. The average molecular weight is 583 g/mol. The van der Waals surface area contributed by atoms with E-state index in [0.717, 1.165) is 43.5 Å². The Bertz CT molecular complexity index is 1420. The van der Waals surface area contributed by atoms with Crippen molar-refractivity contribution in [1.82, 2.24) is 5.32 Å². The van der Waals surface area contributed by atoms with Gasteiger partial charge in [-0.25, -0.2) is 0 Å². The third kappa shape index (κ3) is 6.89. The minimum atomic E-state index is -1.67. The van der Waals surface area contributed by atoms with Crippen LogP contribution >= 0.6 is 0 Å². The Morgan fingerprint density at radius 2 is 1.95 bits per heavy atom. The topological polar surface area (TPSA) is 48.5 Å². The van der Waals surface area contributed by atoms with Gasteiger partial charge in [-0.3, -0.25) is 4.99 Å². The van der Waals surface area contributed by atoms with Crippen LogP contribution in [0.4, 0.5) is 0 Å². The molecule has 0 amide bonds. The van der Waals surface area contributed by atoms with Crippen LogP contribution in [-0.2, 0) is 6.42 Å². The molecule has 5 heteroatoms. The molecule has 42 heavy (non-hydrogen) atoms. The van der Waals surface area contributed by atoms with Gasteiger partial charge < -0.3 is 10.4 Å². The molecular formula is C37H52N3OSi+. The number of rotatable bonds is 8. The maximum Gasteiger partial charge on any atom is 0.213 e. The van der Waals surface area contributed by atoms with Crippen LogP contribution in [0.3, 0.4) is 0 Å². The van der Waals surface area contributed by atoms with Crippen molar-refractivity contribution in [2.75, 3.05) is 6.54 Å². The number of allylic oxidation sites excluding steroid dienone is 3. The Kier molecular flexibility index (Phi) is 9.22. The first-order valence-electron chi connectivity index (χ1n) is 15.5. The Balaban J connectivity index is 1.96. The first-order chi connectivity index (χ1) is 19.7. The maximum atomic E-state index is 9.99. The second-order valence-corrected chi connectivity index (χ2v) is 19.7. The molecule has 0 aliphatic carbocycles. The van der Waals surface area contributed by atoms with Crippen LogP contribution in [0, 0.1) is 10.8 Å². The number of fused-ring (bicyclic) bond motifs is 6. The molecule has 0 fully saturated rings. The molecule has 2 N–H and O–H groups in total. The van der Waals surface area contributed by atoms with Crippen molar-refractivity contribution in [3.05, 3.63) is 97.2 Å². The van der Waals surface area contributed by atoms with Crippen molar-refractivity contribution in [3.8, 4) is 11.3 Å². The Hall–Kier alpha value is -3.18. The molecule has 3 atom stereocenters. The smallest absolute Gasteiger partial charge is 0.213 e. The SMILES string of the molecule is C=CC1=NC(=C)C2C(CCC(C=CCC)(CNC(=C)O)C1)c1ccccc1-c1cc(CC(C)(C)C)c([Si](C)(C)C)c[n+]12. The molecule has 0 spiro atoms. The summed E-state index contributed by atoms with van der Waals surface area (Å²) in [5, 5.41) is 14.6. The lowest BCUT2D eigenvalue weighted by atomic mass is 9.72. The highest BCUT2D eigenvalue weighted by molar-refractivity contribution is 6.89. The molecule has 0 radical (unpaired) electrons. The van der Waals surface area contributed by atoms with Gasteiger partial charge in [-0.2, -0.15) is 4.57 Å². The number of benzene rings is 1. The van der Waals surface area contributed by atoms with Crippen LogP contribution < -0.4 is 15.1 Å². The molecule has 1 aromatic carbocycles. The van der Waals surface area contributed by atoms with Gasteiger partial charge in [0.25, 0.3) is 0 Å². The van der Waals surface area contributed by atoms with Gasteiger partial charge in [-0.15, -0.1) is 0 Å². The molecule has 0 saturated heterocycles. The number of nitrogens with one attached hydrogen (secondary N) is 1. The van der Waals surface area contributed by atoms with E-state index in [2.05, 4.69) is 126 Å². The van der Waals surface area contributed by atoms with Crippen molar-refractivity contribution in [2.45, 2.75) is 91.4 Å². The van der Waals surface area contributed by atoms with E-state index in [4.69, 9.17) is 4.99 Å². The van der Waals surface area contributed by atoms with Gasteiger partial charge in [0.15, 0.2) is 12.1 Å². The zero-order chi connectivity index (χ0) is 30.9. The van der Waals surface area contributed by atoms with Gasteiger partial charge >= 0.3 is 0 Å². The summed E-state index contributed by atoms with van der Waals surface area (Å²) < 4.78 is 2.52. The zero-order valence-corrected chi connectivity index (χ0v) is 28.1. The van der Waals surface area contributed by atoms with Gasteiger partial charge in [0.1, 0.15) is 5.70 Å². The lowest BCUT2D eigenvalue weighted by Crippen LogP contribution is -2.54. The highest BCUT2D eigenvalue weighted by atomic mass is 28.3. The molecule has 224 valence electrons. The minimum absolute atomic E-state index is 0.00374. The average Bonchev–Trinajstić information content (AvgIpc) is 2.96. The molecule has 2 aromatic rings. The molecule has 3 unspecified atom stereocenters. The molecule has 4 rings (SSSR count). The summed E-state index contributed by atoms with van der Waals surface area (Å²) in [4.78, 5) is 5.22. The lowest BCUT2D eigenvalue weighted by Gasteiger charge is -2.35. The summed E-state index contributed by atoms with van der Waals surface area (Å²) in [5.41, 5.74) is 7.19. The number of pyridine rings is 1. The van der Waals surface area contributed by atoms with Gasteiger partial charge in [-0.1, -0.05) is 90.8 Å². The van der Waals surface area contributed by atoms with E-state index in [1.807, 2.05) is 6.08 Å². The van der Waals surface area contributed by atoms with Gasteiger partial charge in [0, 0.05) is 40.9 Å². The molecule has 0 bridgehead atoms. The van der Waals surface area contributed by atoms with Gasteiger partial charge in [0.2, 0.25) is 11.7 Å². The minimum Gasteiger partial charge on any atom is -0.495 e. The largest absolute Gasteiger partial charge is 0.495 e. The Labute approximate surface area is 255 Å². The van der Waals surface area contributed by atoms with Crippen LogP contribution in [0.25, 0.3) is 11.3 Å². The quantitative estimate of drug-likeness (QED) is 0.142. The third-order valence-corrected chi connectivity index (χ3v) is 10.8. The normalized spacial score (nSPS) is 22.6. The lowest BCUT2D eigenvalue weighted by molar-refractivity contribution is -0.708. The van der Waals surface area contributed by atoms with Crippen LogP contribution in [0.1, 0.15) is 76.5 Å². The molecule has 1 aromatic heterocycles. The molecule has 2 aliphatic heterocycles. The molecule has 3 heterocycles. The third-order valence-electron chi connectivity index (χ3n) is 8.75. The number of hydrogen-bond donors (Lipinski definition) is 2. The second kappa shape index (κ2) is 12.2. The number of aliphatic hydroxyl groups is 1. The fourth-order valence-corrected chi connectivity index (χ4v) is 8.52. The van der Waals surface area contributed by atoms with E-state index < -0.39 is 8.07 Å². The first kappa shape index (κ1) is 31.7. The van der Waals surface area contributed by atoms with Crippen LogP contribution in [-0.4, -0.2) is 25.4 Å². The van der Waals surface area contributed by atoms with Crippen LogP contribution in [0.5, 0.6) is 0 Å². The second-order valence-electron chi connectivity index (χ2n) is 14.6. The number of aromatic nitrogens is 1. The maximum absolute atomic E-state index is 9.99. The summed E-state index contributed by atoms with van der Waals surface area (Å²) in [6.07, 6.45) is 13.5. The predicted octanol–water partition coefficient (Wildman–Crippen LogP) is 8.31. The fourth-order valence-electron chi connectivity index (χ4n) is 6.87. The van der Waals surface area contributed by atoms with Crippen LogP contribution in [0.15, 0.2) is 91.1 Å². The first-order valence-corrected chi connectivity index (χ1v) is 19.0. The Morgan fingerprint density at radius 1 is 1.24 bits per heavy atom. The van der Waals surface area contributed by atoms with Crippen molar-refractivity contribution in [2.24, 2.45) is 15.8 Å². The summed E-state index contributed by atoms with van der Waals surface area (Å²) in [6.45, 7) is 29.6. The Morgan fingerprint density at radius 3 is 2.57 bits per heavy atom. The van der Waals surface area contributed by atoms with Gasteiger partial charge in [-0.05, 0) is 60.9 Å². The van der Waals surface area contributed by atoms with Crippen molar-refractivity contribution < 1.29 is 9.67 Å². The predicted molar refractivity (Wildman–Crippen MR) is 182 cm³/mol.